The molecule has 0 saturated carbocycles. The summed E-state index contributed by atoms with van der Waals surface area (Å²) in [7, 11) is 0. The Morgan fingerprint density at radius 3 is 3.12 bits per heavy atom. The van der Waals surface area contributed by atoms with Crippen LogP contribution in [0.1, 0.15) is 10.4 Å². The smallest absolute Gasteiger partial charge is 0.161 e. The van der Waals surface area contributed by atoms with Crippen molar-refractivity contribution in [3.05, 3.63) is 23.9 Å². The molecule has 5 heteroatoms. The molecule has 1 saturated heterocycles. The van der Waals surface area contributed by atoms with Crippen molar-refractivity contribution >= 4 is 12.1 Å². The van der Waals surface area contributed by atoms with Gasteiger partial charge in [0.15, 0.2) is 12.4 Å². The Bertz CT molecular complexity index is 410. The van der Waals surface area contributed by atoms with Gasteiger partial charge in [-0.05, 0) is 12.1 Å². The number of pyridine rings is 1. The third-order valence-corrected chi connectivity index (χ3v) is 2.44. The Morgan fingerprint density at radius 1 is 1.62 bits per heavy atom. The lowest BCUT2D eigenvalue weighted by molar-refractivity contribution is 0.0761. The van der Waals surface area contributed by atoms with Crippen LogP contribution in [-0.2, 0) is 4.74 Å². The number of nitrogens with zero attached hydrogens (tertiary/aromatic N) is 3. The van der Waals surface area contributed by atoms with Crippen LogP contribution in [0.25, 0.3) is 0 Å². The van der Waals surface area contributed by atoms with E-state index in [1.54, 1.807) is 12.1 Å². The fourth-order valence-electron chi connectivity index (χ4n) is 1.59. The number of ether oxygens (including phenoxy) is 1. The molecule has 0 N–H and O–H groups in total. The number of morpholine rings is 1. The molecule has 1 aliphatic heterocycles. The van der Waals surface area contributed by atoms with Crippen molar-refractivity contribution in [3.63, 3.8) is 0 Å². The van der Waals surface area contributed by atoms with Gasteiger partial charge in [0.05, 0.1) is 19.2 Å². The highest BCUT2D eigenvalue weighted by atomic mass is 16.5. The molecule has 0 amide bonds. The lowest BCUT2D eigenvalue weighted by atomic mass is 10.2. The standard InChI is InChI=1S/C11H11N3O2/c12-5-10-7-14(3-4-16-10)11-2-1-9(8-15)6-13-11/h1-2,6,8,10H,3-4,7H2. The third kappa shape index (κ3) is 2.18. The zero-order valence-corrected chi connectivity index (χ0v) is 8.67. The number of carbonyl (C=O) groups excluding carboxylic acids is 1. The molecule has 1 unspecified atom stereocenters. The molecule has 0 bridgehead atoms. The zero-order valence-electron chi connectivity index (χ0n) is 8.67. The van der Waals surface area contributed by atoms with E-state index in [1.807, 2.05) is 4.90 Å². The van der Waals surface area contributed by atoms with Gasteiger partial charge in [0.2, 0.25) is 0 Å². The maximum atomic E-state index is 10.5. The first kappa shape index (κ1) is 10.6. The quantitative estimate of drug-likeness (QED) is 0.679. The van der Waals surface area contributed by atoms with Gasteiger partial charge in [-0.3, -0.25) is 4.79 Å². The summed E-state index contributed by atoms with van der Waals surface area (Å²) < 4.78 is 5.24. The van der Waals surface area contributed by atoms with E-state index < -0.39 is 6.10 Å². The minimum absolute atomic E-state index is 0.402. The number of aldehydes is 1. The van der Waals surface area contributed by atoms with E-state index in [4.69, 9.17) is 10.00 Å². The number of anilines is 1. The molecule has 5 nitrogen and oxygen atoms in total. The summed E-state index contributed by atoms with van der Waals surface area (Å²) in [5, 5.41) is 8.77. The second-order valence-corrected chi connectivity index (χ2v) is 3.50. The number of nitriles is 1. The zero-order chi connectivity index (χ0) is 11.4. The average molecular weight is 217 g/mol. The van der Waals surface area contributed by atoms with Crippen LogP contribution < -0.4 is 4.90 Å². The molecule has 1 atom stereocenters. The number of hydrogen-bond acceptors (Lipinski definition) is 5. The van der Waals surface area contributed by atoms with E-state index in [2.05, 4.69) is 11.1 Å². The summed E-state index contributed by atoms with van der Waals surface area (Å²) >= 11 is 0. The van der Waals surface area contributed by atoms with Crippen LogP contribution >= 0.6 is 0 Å². The molecular formula is C11H11N3O2. The van der Waals surface area contributed by atoms with Gasteiger partial charge in [0.1, 0.15) is 5.82 Å². The molecule has 1 aromatic heterocycles. The van der Waals surface area contributed by atoms with E-state index in [-0.39, 0.29) is 0 Å². The van der Waals surface area contributed by atoms with Crippen molar-refractivity contribution in [2.45, 2.75) is 6.10 Å². The highest BCUT2D eigenvalue weighted by Crippen LogP contribution is 2.14. The van der Waals surface area contributed by atoms with Gasteiger partial charge < -0.3 is 9.64 Å². The maximum absolute atomic E-state index is 10.5. The van der Waals surface area contributed by atoms with Crippen molar-refractivity contribution in [2.75, 3.05) is 24.6 Å². The van der Waals surface area contributed by atoms with E-state index in [0.717, 1.165) is 12.1 Å². The summed E-state index contributed by atoms with van der Waals surface area (Å²) in [6, 6.07) is 5.57. The van der Waals surface area contributed by atoms with Gasteiger partial charge in [-0.2, -0.15) is 5.26 Å². The van der Waals surface area contributed by atoms with Gasteiger partial charge in [-0.15, -0.1) is 0 Å². The second kappa shape index (κ2) is 4.73. The van der Waals surface area contributed by atoms with Crippen molar-refractivity contribution in [3.8, 4) is 6.07 Å². The highest BCUT2D eigenvalue weighted by Gasteiger charge is 2.20. The fourth-order valence-corrected chi connectivity index (χ4v) is 1.59. The van der Waals surface area contributed by atoms with Crippen LogP contribution in [0, 0.1) is 11.3 Å². The Balaban J connectivity index is 2.11. The summed E-state index contributed by atoms with van der Waals surface area (Å²) in [6.45, 7) is 1.75. The number of carbonyl (C=O) groups is 1. The monoisotopic (exact) mass is 217 g/mol. The molecule has 0 aromatic carbocycles. The van der Waals surface area contributed by atoms with Crippen LogP contribution in [0.5, 0.6) is 0 Å². The van der Waals surface area contributed by atoms with Crippen LogP contribution in [-0.4, -0.2) is 37.1 Å². The molecule has 16 heavy (non-hydrogen) atoms. The molecule has 1 aromatic rings. The van der Waals surface area contributed by atoms with E-state index in [9.17, 15) is 4.79 Å². The van der Waals surface area contributed by atoms with Gasteiger partial charge >= 0.3 is 0 Å². The lowest BCUT2D eigenvalue weighted by Gasteiger charge is -2.30. The lowest BCUT2D eigenvalue weighted by Crippen LogP contribution is -2.42. The molecule has 2 heterocycles. The van der Waals surface area contributed by atoms with Gasteiger partial charge in [-0.25, -0.2) is 4.98 Å². The van der Waals surface area contributed by atoms with Gasteiger partial charge in [0.25, 0.3) is 0 Å². The summed E-state index contributed by atoms with van der Waals surface area (Å²) in [5.41, 5.74) is 0.550. The molecule has 1 fully saturated rings. The summed E-state index contributed by atoms with van der Waals surface area (Å²) in [6.07, 6.45) is 1.88. The predicted octanol–water partition coefficient (Wildman–Crippen LogP) is 0.623. The van der Waals surface area contributed by atoms with Crippen molar-refractivity contribution in [2.24, 2.45) is 0 Å². The number of rotatable bonds is 2. The highest BCUT2D eigenvalue weighted by molar-refractivity contribution is 5.74. The first-order chi connectivity index (χ1) is 7.83. The minimum Gasteiger partial charge on any atom is -0.360 e. The van der Waals surface area contributed by atoms with E-state index in [1.165, 1.54) is 6.20 Å². The Morgan fingerprint density at radius 2 is 2.50 bits per heavy atom. The Labute approximate surface area is 93.3 Å². The number of aromatic nitrogens is 1. The molecule has 1 aliphatic rings. The Kier molecular flexibility index (Phi) is 3.13. The minimum atomic E-state index is -0.402. The fraction of sp³-hybridized carbons (Fsp3) is 0.364. The van der Waals surface area contributed by atoms with Crippen molar-refractivity contribution in [1.82, 2.24) is 4.98 Å². The molecule has 82 valence electrons. The van der Waals surface area contributed by atoms with Crippen molar-refractivity contribution in [1.29, 1.82) is 5.26 Å². The van der Waals surface area contributed by atoms with E-state index >= 15 is 0 Å². The molecular weight excluding hydrogens is 206 g/mol. The van der Waals surface area contributed by atoms with Crippen LogP contribution in [0.4, 0.5) is 5.82 Å². The normalized spacial score (nSPS) is 20.2. The third-order valence-electron chi connectivity index (χ3n) is 2.44. The first-order valence-corrected chi connectivity index (χ1v) is 5.01. The second-order valence-electron chi connectivity index (χ2n) is 3.50. The maximum Gasteiger partial charge on any atom is 0.161 e. The number of hydrogen-bond donors (Lipinski definition) is 0. The van der Waals surface area contributed by atoms with Crippen LogP contribution in [0.15, 0.2) is 18.3 Å². The summed E-state index contributed by atoms with van der Waals surface area (Å²) in [4.78, 5) is 16.6. The molecule has 0 spiro atoms. The first-order valence-electron chi connectivity index (χ1n) is 5.01. The van der Waals surface area contributed by atoms with Crippen molar-refractivity contribution < 1.29 is 9.53 Å². The van der Waals surface area contributed by atoms with Gasteiger partial charge in [-0.1, -0.05) is 0 Å². The average Bonchev–Trinajstić information content (AvgIpc) is 2.39. The molecule has 0 radical (unpaired) electrons. The van der Waals surface area contributed by atoms with Crippen LogP contribution in [0.3, 0.4) is 0 Å². The topological polar surface area (TPSA) is 66.2 Å². The van der Waals surface area contributed by atoms with Crippen LogP contribution in [0.2, 0.25) is 0 Å². The van der Waals surface area contributed by atoms with E-state index in [0.29, 0.717) is 25.3 Å². The largest absolute Gasteiger partial charge is 0.360 e. The molecule has 0 aliphatic carbocycles. The summed E-state index contributed by atoms with van der Waals surface area (Å²) in [5.74, 6) is 0.772. The molecule has 2 rings (SSSR count). The van der Waals surface area contributed by atoms with Gasteiger partial charge in [0, 0.05) is 18.3 Å². The Hall–Kier alpha value is -1.93. The SMILES string of the molecule is N#CC1CN(c2ccc(C=O)cn2)CCO1. The predicted molar refractivity (Wildman–Crippen MR) is 57.2 cm³/mol.